The Hall–Kier alpha value is -3.66. The predicted octanol–water partition coefficient (Wildman–Crippen LogP) is 2.90. The van der Waals surface area contributed by atoms with E-state index in [4.69, 9.17) is 5.11 Å². The third kappa shape index (κ3) is 4.61. The van der Waals surface area contributed by atoms with Gasteiger partial charge >= 0.3 is 5.97 Å². The maximum absolute atomic E-state index is 13.0. The van der Waals surface area contributed by atoms with Gasteiger partial charge in [-0.15, -0.1) is 0 Å². The summed E-state index contributed by atoms with van der Waals surface area (Å²) in [7, 11) is 0. The van der Waals surface area contributed by atoms with Crippen molar-refractivity contribution in [2.75, 3.05) is 11.9 Å². The topological polar surface area (TPSA) is 124 Å². The van der Waals surface area contributed by atoms with E-state index < -0.39 is 35.4 Å². The maximum Gasteiger partial charge on any atom is 0.337 e. The Morgan fingerprint density at radius 1 is 1.14 bits per heavy atom. The number of nitrogens with zero attached hydrogens (tertiary/aromatic N) is 1. The molecular weight excluding hydrogens is 403 g/mol. The molecule has 2 aromatic carbocycles. The number of carboxylic acid groups (broad SMARTS) is 1. The van der Waals surface area contributed by atoms with E-state index in [0.29, 0.717) is 17.3 Å². The van der Waals surface area contributed by atoms with Crippen molar-refractivity contribution in [2.24, 2.45) is 0 Å². The summed E-state index contributed by atoms with van der Waals surface area (Å²) in [6.45, 7) is -0.620. The molecule has 0 saturated carbocycles. The smallest absolute Gasteiger partial charge is 0.337 e. The molecule has 1 fully saturated rings. The van der Waals surface area contributed by atoms with Crippen LogP contribution >= 0.6 is 11.8 Å². The fraction of sp³-hybridized carbons (Fsp3) is 0.0526. The van der Waals surface area contributed by atoms with E-state index in [1.54, 1.807) is 0 Å². The number of aromatic carboxylic acids is 1. The van der Waals surface area contributed by atoms with Gasteiger partial charge in [0.15, 0.2) is 0 Å². The Bertz CT molecular complexity index is 1050. The summed E-state index contributed by atoms with van der Waals surface area (Å²) in [5, 5.41) is 20.2. The fourth-order valence-electron chi connectivity index (χ4n) is 2.50. The molecule has 8 nitrogen and oxygen atoms in total. The molecule has 0 spiro atoms. The van der Waals surface area contributed by atoms with E-state index >= 15 is 0 Å². The summed E-state index contributed by atoms with van der Waals surface area (Å²) in [5.74, 6) is -3.59. The van der Waals surface area contributed by atoms with Gasteiger partial charge in [-0.3, -0.25) is 19.3 Å². The molecule has 2 aromatic rings. The Morgan fingerprint density at radius 2 is 1.83 bits per heavy atom. The first kappa shape index (κ1) is 20.1. The number of phenols is 1. The molecule has 0 bridgehead atoms. The lowest BCUT2D eigenvalue weighted by Crippen LogP contribution is -2.36. The number of rotatable bonds is 5. The Balaban J connectivity index is 1.73. The summed E-state index contributed by atoms with van der Waals surface area (Å²) >= 11 is 0.637. The van der Waals surface area contributed by atoms with Crippen LogP contribution < -0.4 is 5.32 Å². The number of amides is 3. The van der Waals surface area contributed by atoms with E-state index in [1.807, 2.05) is 0 Å². The van der Waals surface area contributed by atoms with Crippen LogP contribution in [0.3, 0.4) is 0 Å². The molecule has 1 aliphatic rings. The first-order chi connectivity index (χ1) is 13.7. The van der Waals surface area contributed by atoms with Crippen molar-refractivity contribution in [1.29, 1.82) is 0 Å². The third-order valence-corrected chi connectivity index (χ3v) is 4.76. The predicted molar refractivity (Wildman–Crippen MR) is 103 cm³/mol. The number of hydrogen-bond donors (Lipinski definition) is 3. The zero-order valence-electron chi connectivity index (χ0n) is 14.6. The van der Waals surface area contributed by atoms with Crippen molar-refractivity contribution < 1.29 is 33.8 Å². The second-order valence-electron chi connectivity index (χ2n) is 5.90. The first-order valence-corrected chi connectivity index (χ1v) is 8.93. The molecule has 0 atom stereocenters. The molecule has 0 radical (unpaired) electrons. The minimum atomic E-state index is -1.37. The second kappa shape index (κ2) is 8.15. The molecule has 3 amide bonds. The average Bonchev–Trinajstić information content (AvgIpc) is 2.92. The van der Waals surface area contributed by atoms with Crippen molar-refractivity contribution in [2.45, 2.75) is 0 Å². The van der Waals surface area contributed by atoms with Crippen LogP contribution in [-0.4, -0.2) is 44.7 Å². The lowest BCUT2D eigenvalue weighted by Gasteiger charge is -2.13. The number of imide groups is 1. The summed E-state index contributed by atoms with van der Waals surface area (Å²) in [6.07, 6.45) is 1.41. The number of carbonyl (C=O) groups excluding carboxylic acids is 3. The van der Waals surface area contributed by atoms with Crippen LogP contribution in [0.4, 0.5) is 14.9 Å². The van der Waals surface area contributed by atoms with Crippen LogP contribution in [0.5, 0.6) is 5.75 Å². The fourth-order valence-corrected chi connectivity index (χ4v) is 3.34. The highest BCUT2D eigenvalue weighted by atomic mass is 32.2. The summed E-state index contributed by atoms with van der Waals surface area (Å²) < 4.78 is 13.0. The minimum Gasteiger partial charge on any atom is -0.508 e. The number of thioether (sulfide) groups is 1. The second-order valence-corrected chi connectivity index (χ2v) is 6.90. The van der Waals surface area contributed by atoms with Gasteiger partial charge in [0.1, 0.15) is 18.1 Å². The highest BCUT2D eigenvalue weighted by Crippen LogP contribution is 2.32. The Labute approximate surface area is 167 Å². The number of nitrogens with one attached hydrogen (secondary N) is 1. The maximum atomic E-state index is 13.0. The number of anilines is 1. The molecule has 29 heavy (non-hydrogen) atoms. The molecule has 1 heterocycles. The van der Waals surface area contributed by atoms with E-state index in [9.17, 15) is 28.7 Å². The SMILES string of the molecule is O=C(CN1C(=O)S/C(=C\c2ccc(F)cc2)C1=O)Nc1ccc(O)cc1C(=O)O. The molecule has 0 aliphatic carbocycles. The summed E-state index contributed by atoms with van der Waals surface area (Å²) in [4.78, 5) is 48.8. The zero-order valence-corrected chi connectivity index (χ0v) is 15.4. The largest absolute Gasteiger partial charge is 0.508 e. The number of phenolic OH excluding ortho intramolecular Hbond substituents is 1. The number of benzene rings is 2. The van der Waals surface area contributed by atoms with Gasteiger partial charge in [-0.1, -0.05) is 12.1 Å². The molecule has 0 aromatic heterocycles. The van der Waals surface area contributed by atoms with Gasteiger partial charge in [-0.05, 0) is 53.7 Å². The van der Waals surface area contributed by atoms with Crippen molar-refractivity contribution >= 4 is 46.5 Å². The van der Waals surface area contributed by atoms with Crippen LogP contribution in [-0.2, 0) is 9.59 Å². The number of carboxylic acids is 1. The van der Waals surface area contributed by atoms with Crippen LogP contribution in [0.15, 0.2) is 47.4 Å². The number of hydrogen-bond acceptors (Lipinski definition) is 6. The quantitative estimate of drug-likeness (QED) is 0.506. The van der Waals surface area contributed by atoms with Gasteiger partial charge in [0.2, 0.25) is 5.91 Å². The van der Waals surface area contributed by atoms with E-state index in [-0.39, 0.29) is 21.9 Å². The summed E-state index contributed by atoms with van der Waals surface area (Å²) in [6, 6.07) is 8.64. The molecule has 3 N–H and O–H groups in total. The molecule has 1 aliphatic heterocycles. The Kier molecular flexibility index (Phi) is 5.64. The molecule has 1 saturated heterocycles. The zero-order chi connectivity index (χ0) is 21.1. The minimum absolute atomic E-state index is 0.0743. The molecule has 0 unspecified atom stereocenters. The monoisotopic (exact) mass is 416 g/mol. The van der Waals surface area contributed by atoms with Gasteiger partial charge in [0, 0.05) is 0 Å². The number of halogens is 1. The van der Waals surface area contributed by atoms with Crippen molar-refractivity contribution in [1.82, 2.24) is 4.90 Å². The number of carbonyl (C=O) groups is 4. The Morgan fingerprint density at radius 3 is 2.48 bits per heavy atom. The molecule has 10 heteroatoms. The van der Waals surface area contributed by atoms with Crippen molar-refractivity contribution in [3.8, 4) is 5.75 Å². The average molecular weight is 416 g/mol. The van der Waals surface area contributed by atoms with Crippen molar-refractivity contribution in [3.63, 3.8) is 0 Å². The van der Waals surface area contributed by atoms with Crippen LogP contribution in [0.1, 0.15) is 15.9 Å². The third-order valence-electron chi connectivity index (χ3n) is 3.85. The lowest BCUT2D eigenvalue weighted by molar-refractivity contribution is -0.127. The first-order valence-electron chi connectivity index (χ1n) is 8.11. The van der Waals surface area contributed by atoms with Crippen LogP contribution in [0.25, 0.3) is 6.08 Å². The summed E-state index contributed by atoms with van der Waals surface area (Å²) in [5.41, 5.74) is 0.0781. The molecule has 3 rings (SSSR count). The van der Waals surface area contributed by atoms with Gasteiger partial charge < -0.3 is 15.5 Å². The van der Waals surface area contributed by atoms with Gasteiger partial charge in [-0.2, -0.15) is 0 Å². The van der Waals surface area contributed by atoms with E-state index in [0.717, 1.165) is 11.0 Å². The highest BCUT2D eigenvalue weighted by Gasteiger charge is 2.36. The standard InChI is InChI=1S/C19H13FN2O6S/c20-11-3-1-10(2-4-11)7-15-17(25)22(19(28)29-15)9-16(24)21-14-6-5-12(23)8-13(14)18(26)27/h1-8,23H,9H2,(H,21,24)(H,26,27)/b15-7-. The van der Waals surface area contributed by atoms with Crippen LogP contribution in [0.2, 0.25) is 0 Å². The molecular formula is C19H13FN2O6S. The van der Waals surface area contributed by atoms with Gasteiger partial charge in [0.05, 0.1) is 16.2 Å². The molecule has 148 valence electrons. The lowest BCUT2D eigenvalue weighted by atomic mass is 10.1. The van der Waals surface area contributed by atoms with Crippen LogP contribution in [0, 0.1) is 5.82 Å². The van der Waals surface area contributed by atoms with E-state index in [2.05, 4.69) is 5.32 Å². The number of aromatic hydroxyl groups is 1. The highest BCUT2D eigenvalue weighted by molar-refractivity contribution is 8.18. The van der Waals surface area contributed by atoms with Gasteiger partial charge in [-0.25, -0.2) is 9.18 Å². The van der Waals surface area contributed by atoms with Gasteiger partial charge in [0.25, 0.3) is 11.1 Å². The van der Waals surface area contributed by atoms with E-state index in [1.165, 1.54) is 42.5 Å². The normalized spacial score (nSPS) is 15.1. The van der Waals surface area contributed by atoms with Crippen molar-refractivity contribution in [3.05, 3.63) is 64.3 Å².